The molecule has 6 rings (SSSR count). The maximum absolute atomic E-state index is 13.0. The van der Waals surface area contributed by atoms with Crippen molar-refractivity contribution in [3.8, 4) is 0 Å². The number of rotatable bonds is 94. The lowest BCUT2D eigenvalue weighted by atomic mass is 9.75. The van der Waals surface area contributed by atoms with Gasteiger partial charge in [-0.2, -0.15) is 29.8 Å². The molecule has 0 saturated carbocycles. The van der Waals surface area contributed by atoms with E-state index in [0.29, 0.717) is 409 Å². The number of fused-ring (bicyclic) bond motifs is 4. The zero-order valence-corrected chi connectivity index (χ0v) is 86.1. The van der Waals surface area contributed by atoms with Crippen molar-refractivity contribution in [1.82, 2.24) is 10.4 Å². The van der Waals surface area contributed by atoms with E-state index in [1.165, 1.54) is 24.3 Å². The van der Waals surface area contributed by atoms with Crippen LogP contribution in [0, 0.1) is 0 Å². The van der Waals surface area contributed by atoms with Gasteiger partial charge in [-0.15, -0.1) is 5.06 Å². The van der Waals surface area contributed by atoms with Gasteiger partial charge in [-0.25, -0.2) is 4.79 Å². The number of ether oxygens (including phenoxy) is 24. The summed E-state index contributed by atoms with van der Waals surface area (Å²) in [5.41, 5.74) is 2.41. The second-order valence-corrected chi connectivity index (χ2v) is 37.5. The minimum Gasteiger partial charge on any atom is -0.382 e. The van der Waals surface area contributed by atoms with Crippen LogP contribution in [0.25, 0.3) is 10.8 Å². The Morgan fingerprint density at radius 1 is 0.408 bits per heavy atom. The van der Waals surface area contributed by atoms with Crippen LogP contribution in [-0.4, -0.2) is 415 Å². The second kappa shape index (κ2) is 75.2. The summed E-state index contributed by atoms with van der Waals surface area (Å²) in [5, 5.41) is 3.59. The highest BCUT2D eigenvalue weighted by Crippen LogP contribution is 2.54. The highest BCUT2D eigenvalue weighted by atomic mass is 32.2. The number of hydrogen-bond acceptors (Lipinski definition) is 36. The second-order valence-electron chi connectivity index (χ2n) is 33.2. The Bertz CT molecular complexity index is 4470. The van der Waals surface area contributed by atoms with Crippen molar-refractivity contribution >= 4 is 81.9 Å². The van der Waals surface area contributed by atoms with Gasteiger partial charge in [0.1, 0.15) is 11.4 Å². The summed E-state index contributed by atoms with van der Waals surface area (Å²) in [5.74, 6) is -2.07. The third-order valence-electron chi connectivity index (χ3n) is 22.2. The molecule has 0 aliphatic carbocycles. The first-order chi connectivity index (χ1) is 68.8. The molecule has 3 heterocycles. The molecular weight excluding hydrogens is 1930 g/mol. The lowest BCUT2D eigenvalue weighted by Gasteiger charge is -2.31. The van der Waals surface area contributed by atoms with Crippen molar-refractivity contribution in [2.45, 2.75) is 137 Å². The van der Waals surface area contributed by atoms with E-state index >= 15 is 0 Å². The van der Waals surface area contributed by atoms with Crippen LogP contribution in [0.1, 0.15) is 122 Å². The lowest BCUT2D eigenvalue weighted by molar-refractivity contribution is -0.438. The van der Waals surface area contributed by atoms with Crippen molar-refractivity contribution in [3.63, 3.8) is 0 Å². The van der Waals surface area contributed by atoms with E-state index in [-0.39, 0.29) is 47.3 Å². The van der Waals surface area contributed by atoms with Gasteiger partial charge in [0.05, 0.1) is 326 Å². The Morgan fingerprint density at radius 3 is 1.15 bits per heavy atom. The summed E-state index contributed by atoms with van der Waals surface area (Å²) in [4.78, 5) is 55.4. The first-order valence-corrected chi connectivity index (χ1v) is 53.4. The Balaban J connectivity index is 0.686. The molecule has 810 valence electrons. The maximum Gasteiger partial charge on any atom is 0.333 e. The fourth-order valence-electron chi connectivity index (χ4n) is 15.0. The summed E-state index contributed by atoms with van der Waals surface area (Å²) < 4.78 is 242. The smallest absolute Gasteiger partial charge is 0.333 e. The van der Waals surface area contributed by atoms with Crippen molar-refractivity contribution in [3.05, 3.63) is 89.7 Å². The van der Waals surface area contributed by atoms with Gasteiger partial charge >= 0.3 is 5.97 Å². The van der Waals surface area contributed by atoms with Gasteiger partial charge < -0.3 is 129 Å². The standard InChI is InChI=1S/C97H156N4O38S3/c1-6-7-29-100-87-24-22-83-84(78-82(141(109,110)111)80-88(83)142(112,113)114)95(87)97(4,27-15-9-14-20-94(105)139-101-92(103)25-26-93(101)104)90(100)18-12-8-11-17-89-96(2,3)85-79-81(140(106,107)108)21-23-86(85)99(89)30-16-10-13-19-91(102)98-28-31-116-34-35-118-38-39-120-42-43-122-46-47-124-50-51-126-54-55-128-58-59-130-62-63-132-66-67-134-70-71-136-74-75-138-77-76-137-73-72-135-69-68-133-65-64-131-61-60-129-57-56-127-53-52-125-49-48-123-45-44-121-41-40-119-37-36-117-33-32-115-5/h8,11-12,17-18,21-24,78-80H,6-7,9-10,13-16,19-20,25-77H2,1-5H3,(H3-,98,102,106,107,108,109,110,111,112,113,114)/p+1. The van der Waals surface area contributed by atoms with Crippen LogP contribution in [0.15, 0.2) is 93.2 Å². The molecule has 1 fully saturated rings. The number of carbonyl (C=O) groups excluding carboxylic acids is 4. The molecule has 3 aliphatic rings. The molecule has 1 unspecified atom stereocenters. The number of imide groups is 1. The molecule has 142 heavy (non-hydrogen) atoms. The number of carbonyl (C=O) groups is 4. The number of amides is 3. The van der Waals surface area contributed by atoms with Crippen LogP contribution in [0.4, 0.5) is 11.4 Å². The van der Waals surface area contributed by atoms with E-state index in [9.17, 15) is 58.1 Å². The van der Waals surface area contributed by atoms with Gasteiger partial charge in [0, 0.05) is 92.2 Å². The number of benzene rings is 3. The Morgan fingerprint density at radius 2 is 0.782 bits per heavy atom. The number of nitrogens with one attached hydrogen (secondary N) is 1. The molecule has 0 radical (unpaired) electrons. The monoisotopic (exact) mass is 2080 g/mol. The normalized spacial score (nSPS) is 15.4. The number of unbranched alkanes of at least 4 members (excludes halogenated alkanes) is 5. The summed E-state index contributed by atoms with van der Waals surface area (Å²) in [7, 11) is -13.0. The number of hydroxylamine groups is 2. The number of methoxy groups -OCH3 is 1. The predicted molar refractivity (Wildman–Crippen MR) is 521 cm³/mol. The summed E-state index contributed by atoms with van der Waals surface area (Å²) in [6.07, 6.45) is 14.5. The number of allylic oxidation sites excluding steroid dienone is 6. The van der Waals surface area contributed by atoms with Gasteiger partial charge in [0.15, 0.2) is 5.71 Å². The number of hydrogen-bond donors (Lipinski definition) is 4. The van der Waals surface area contributed by atoms with Crippen LogP contribution in [0.2, 0.25) is 0 Å². The minimum absolute atomic E-state index is 0.0246. The highest BCUT2D eigenvalue weighted by molar-refractivity contribution is 7.87. The largest absolute Gasteiger partial charge is 0.382 e. The number of nitrogens with zero attached hydrogens (tertiary/aromatic N) is 3. The van der Waals surface area contributed by atoms with E-state index in [0.717, 1.165) is 23.5 Å². The van der Waals surface area contributed by atoms with Gasteiger partial charge in [0.2, 0.25) is 11.6 Å². The fraction of sp³-hybridized carbons (Fsp3) is 0.722. The molecule has 45 heteroatoms. The predicted octanol–water partition coefficient (Wildman–Crippen LogP) is 7.79. The van der Waals surface area contributed by atoms with E-state index in [1.54, 1.807) is 19.2 Å². The SMILES string of the molecule is CCCCN1C(=CC=CC=CC2=[N+](CCCCCC(=O)NCCOCCOCCOCCOCCOCCOCCOCCOCCOCCOCCOCCOCCOCCOCCOCCOCCOCCOCCOCCOCCOCCOCCOCCOC)c3ccc(S(=O)(=O)O)cc3C2(C)C)C(C)(CCCCCC(=O)ON2C(=O)CCC2=O)c2c1ccc1c(S(=O)(=O)O)cc(S(=O)(=O)O)cc21. The van der Waals surface area contributed by atoms with Crippen molar-refractivity contribution < 1.29 is 181 Å². The van der Waals surface area contributed by atoms with E-state index < -0.39 is 68.8 Å². The van der Waals surface area contributed by atoms with Crippen LogP contribution in [-0.2, 0) is 179 Å². The quantitative estimate of drug-likeness (QED) is 0.0138. The molecule has 42 nitrogen and oxygen atoms in total. The third kappa shape index (κ3) is 51.4. The van der Waals surface area contributed by atoms with Crippen molar-refractivity contribution in [2.75, 3.05) is 342 Å². The van der Waals surface area contributed by atoms with Crippen molar-refractivity contribution in [2.24, 2.45) is 0 Å². The molecule has 3 aromatic carbocycles. The topological polar surface area (TPSA) is 484 Å². The molecule has 3 aliphatic heterocycles. The summed E-state index contributed by atoms with van der Waals surface area (Å²) >= 11 is 0. The van der Waals surface area contributed by atoms with Crippen LogP contribution in [0.3, 0.4) is 0 Å². The molecule has 0 aromatic heterocycles. The molecule has 0 bridgehead atoms. The first-order valence-electron chi connectivity index (χ1n) is 49.1. The molecule has 1 atom stereocenters. The highest BCUT2D eigenvalue weighted by Gasteiger charge is 2.47. The Labute approximate surface area is 837 Å². The summed E-state index contributed by atoms with van der Waals surface area (Å²) in [6, 6.07) is 9.65. The van der Waals surface area contributed by atoms with Crippen LogP contribution < -0.4 is 10.2 Å². The zero-order valence-electron chi connectivity index (χ0n) is 83.7. The maximum atomic E-state index is 13.0. The third-order valence-corrected chi connectivity index (χ3v) is 24.8. The molecule has 4 N–H and O–H groups in total. The molecular formula is C97H157N4O38S3+. The number of anilines is 1. The van der Waals surface area contributed by atoms with Gasteiger partial charge in [-0.1, -0.05) is 50.5 Å². The van der Waals surface area contributed by atoms with E-state index in [4.69, 9.17) is 119 Å². The molecule has 3 amide bonds. The Kier molecular flexibility index (Phi) is 65.7. The molecule has 3 aromatic rings. The molecule has 1 saturated heterocycles. The molecule has 0 spiro atoms. The van der Waals surface area contributed by atoms with Crippen molar-refractivity contribution in [1.29, 1.82) is 0 Å². The van der Waals surface area contributed by atoms with E-state index in [2.05, 4.69) is 14.8 Å². The minimum atomic E-state index is -5.05. The zero-order chi connectivity index (χ0) is 102. The average molecular weight is 2080 g/mol. The lowest BCUT2D eigenvalue weighted by Crippen LogP contribution is -2.32. The van der Waals surface area contributed by atoms with E-state index in [1.807, 2.05) is 58.1 Å². The average Bonchev–Trinajstić information content (AvgIpc) is 1.55. The van der Waals surface area contributed by atoms with Gasteiger partial charge in [0.25, 0.3) is 42.2 Å². The fourth-order valence-corrected chi connectivity index (χ4v) is 16.8. The van der Waals surface area contributed by atoms with Crippen LogP contribution >= 0.6 is 0 Å². The Hall–Kier alpha value is -6.54. The first kappa shape index (κ1) is 124. The summed E-state index contributed by atoms with van der Waals surface area (Å²) in [6.45, 7) is 30.7. The van der Waals surface area contributed by atoms with Gasteiger partial charge in [-0.05, 0) is 100 Å². The van der Waals surface area contributed by atoms with Crippen LogP contribution in [0.5, 0.6) is 0 Å². The van der Waals surface area contributed by atoms with Gasteiger partial charge in [-0.3, -0.25) is 28.0 Å².